The maximum Gasteiger partial charge on any atom is 0.421 e. The zero-order chi connectivity index (χ0) is 21.5. The van der Waals surface area contributed by atoms with E-state index in [0.29, 0.717) is 11.3 Å². The lowest BCUT2D eigenvalue weighted by Crippen LogP contribution is -2.45. The summed E-state index contributed by atoms with van der Waals surface area (Å²) in [5.41, 5.74) is 3.61. The van der Waals surface area contributed by atoms with Gasteiger partial charge in [-0.2, -0.15) is 13.2 Å². The predicted molar refractivity (Wildman–Crippen MR) is 108 cm³/mol. The first-order valence-corrected chi connectivity index (χ1v) is 10.2. The molecule has 0 saturated carbocycles. The molecule has 2 heterocycles. The van der Waals surface area contributed by atoms with Gasteiger partial charge in [0.15, 0.2) is 5.60 Å². The Morgan fingerprint density at radius 2 is 1.93 bits per heavy atom. The molecule has 1 N–H and O–H groups in total. The second-order valence-electron chi connectivity index (χ2n) is 8.09. The summed E-state index contributed by atoms with van der Waals surface area (Å²) in [6.07, 6.45) is -2.70. The van der Waals surface area contributed by atoms with Gasteiger partial charge in [-0.15, -0.1) is 0 Å². The van der Waals surface area contributed by atoms with Gasteiger partial charge in [0, 0.05) is 12.5 Å². The van der Waals surface area contributed by atoms with E-state index in [4.69, 9.17) is 9.47 Å². The van der Waals surface area contributed by atoms with Crippen molar-refractivity contribution >= 4 is 0 Å². The molecule has 2 aliphatic heterocycles. The van der Waals surface area contributed by atoms with Crippen LogP contribution in [0.25, 0.3) is 0 Å². The van der Waals surface area contributed by atoms with Gasteiger partial charge in [-0.05, 0) is 61.2 Å². The molecule has 2 aromatic rings. The van der Waals surface area contributed by atoms with Crippen molar-refractivity contribution in [2.24, 2.45) is 0 Å². The second kappa shape index (κ2) is 7.87. The summed E-state index contributed by atoms with van der Waals surface area (Å²) in [5.74, 6) is 0.597. The van der Waals surface area contributed by atoms with Crippen molar-refractivity contribution in [3.63, 3.8) is 0 Å². The molecule has 7 heteroatoms. The fourth-order valence-electron chi connectivity index (χ4n) is 4.84. The fourth-order valence-corrected chi connectivity index (χ4v) is 4.84. The summed E-state index contributed by atoms with van der Waals surface area (Å²) < 4.78 is 52.5. The number of rotatable bonds is 4. The minimum Gasteiger partial charge on any atom is -0.496 e. The standard InChI is InChI=1S/C23H27F3N2O2/c1-22(23(24,25)26)19-13-18(20(29-3)12-16(19)14-30-22)17-10-7-11-28(27-2)21(17)15-8-5-4-6-9-15/h4-6,8-9,12-13,17,21,27H,7,10-11,14H2,1-3H3/t17-,21+,22+/m0/s1. The summed E-state index contributed by atoms with van der Waals surface area (Å²) in [7, 11) is 3.45. The van der Waals surface area contributed by atoms with Crippen LogP contribution >= 0.6 is 0 Å². The summed E-state index contributed by atoms with van der Waals surface area (Å²) in [6.45, 7) is 1.91. The van der Waals surface area contributed by atoms with Crippen LogP contribution in [0.1, 0.15) is 54.0 Å². The number of hydrazine groups is 1. The Labute approximate surface area is 174 Å². The average molecular weight is 420 g/mol. The highest BCUT2D eigenvalue weighted by molar-refractivity contribution is 5.50. The number of methoxy groups -OCH3 is 1. The number of halogens is 3. The number of hydrogen-bond donors (Lipinski definition) is 1. The van der Waals surface area contributed by atoms with Gasteiger partial charge in [-0.1, -0.05) is 30.3 Å². The topological polar surface area (TPSA) is 33.7 Å². The van der Waals surface area contributed by atoms with E-state index in [0.717, 1.165) is 37.4 Å². The van der Waals surface area contributed by atoms with E-state index in [-0.39, 0.29) is 24.1 Å². The van der Waals surface area contributed by atoms with Crippen LogP contribution in [0, 0.1) is 0 Å². The van der Waals surface area contributed by atoms with Crippen LogP contribution in [0.4, 0.5) is 13.2 Å². The van der Waals surface area contributed by atoms with Gasteiger partial charge in [0.2, 0.25) is 0 Å². The Bertz CT molecular complexity index is 903. The van der Waals surface area contributed by atoms with Crippen LogP contribution in [0.3, 0.4) is 0 Å². The van der Waals surface area contributed by atoms with Crippen LogP contribution in [-0.4, -0.2) is 31.9 Å². The molecule has 162 valence electrons. The number of ether oxygens (including phenoxy) is 2. The van der Waals surface area contributed by atoms with E-state index in [1.54, 1.807) is 19.2 Å². The van der Waals surface area contributed by atoms with Crippen molar-refractivity contribution in [3.05, 3.63) is 64.7 Å². The first kappa shape index (κ1) is 21.2. The normalized spacial score (nSPS) is 27.1. The molecular formula is C23H27F3N2O2. The molecule has 2 aromatic carbocycles. The van der Waals surface area contributed by atoms with Gasteiger partial charge in [-0.25, -0.2) is 5.01 Å². The molecule has 0 unspecified atom stereocenters. The van der Waals surface area contributed by atoms with Crippen molar-refractivity contribution in [1.29, 1.82) is 0 Å². The Balaban J connectivity index is 1.85. The second-order valence-corrected chi connectivity index (χ2v) is 8.09. The highest BCUT2D eigenvalue weighted by Gasteiger charge is 2.57. The van der Waals surface area contributed by atoms with Crippen molar-refractivity contribution in [1.82, 2.24) is 10.4 Å². The van der Waals surface area contributed by atoms with Crippen LogP contribution in [-0.2, 0) is 16.9 Å². The molecule has 0 radical (unpaired) electrons. The quantitative estimate of drug-likeness (QED) is 0.750. The molecule has 4 rings (SSSR count). The van der Waals surface area contributed by atoms with Gasteiger partial charge in [0.25, 0.3) is 0 Å². The Kier molecular flexibility index (Phi) is 5.55. The highest BCUT2D eigenvalue weighted by atomic mass is 19.4. The SMILES string of the molecule is CNN1CCC[C@@H](c2cc3c(cc2OC)CO[C@@]3(C)C(F)(F)F)[C@H]1c1ccccc1. The zero-order valence-electron chi connectivity index (χ0n) is 17.4. The Morgan fingerprint density at radius 3 is 2.57 bits per heavy atom. The molecule has 0 spiro atoms. The molecule has 1 fully saturated rings. The van der Waals surface area contributed by atoms with Crippen LogP contribution in [0.2, 0.25) is 0 Å². The minimum absolute atomic E-state index is 0.0173. The summed E-state index contributed by atoms with van der Waals surface area (Å²) >= 11 is 0. The van der Waals surface area contributed by atoms with E-state index in [1.807, 2.05) is 25.2 Å². The van der Waals surface area contributed by atoms with Crippen molar-refractivity contribution in [2.45, 2.75) is 50.1 Å². The maximum absolute atomic E-state index is 13.9. The van der Waals surface area contributed by atoms with Gasteiger partial charge < -0.3 is 9.47 Å². The van der Waals surface area contributed by atoms with Crippen molar-refractivity contribution in [2.75, 3.05) is 20.7 Å². The third-order valence-corrected chi connectivity index (χ3v) is 6.49. The zero-order valence-corrected chi connectivity index (χ0v) is 17.4. The molecule has 4 nitrogen and oxygen atoms in total. The summed E-state index contributed by atoms with van der Waals surface area (Å²) in [5, 5.41) is 2.16. The van der Waals surface area contributed by atoms with Crippen LogP contribution in [0.15, 0.2) is 42.5 Å². The molecular weight excluding hydrogens is 393 g/mol. The van der Waals surface area contributed by atoms with E-state index in [2.05, 4.69) is 22.6 Å². The van der Waals surface area contributed by atoms with E-state index >= 15 is 0 Å². The number of nitrogens with zero attached hydrogens (tertiary/aromatic N) is 1. The molecule has 0 aromatic heterocycles. The average Bonchev–Trinajstić information content (AvgIpc) is 3.10. The van der Waals surface area contributed by atoms with Gasteiger partial charge in [0.05, 0.1) is 19.8 Å². The number of piperidine rings is 1. The van der Waals surface area contributed by atoms with Gasteiger partial charge >= 0.3 is 6.18 Å². The van der Waals surface area contributed by atoms with Gasteiger partial charge in [0.1, 0.15) is 5.75 Å². The third kappa shape index (κ3) is 3.39. The predicted octanol–water partition coefficient (Wildman–Crippen LogP) is 5.06. The van der Waals surface area contributed by atoms with Crippen molar-refractivity contribution < 1.29 is 22.6 Å². The maximum atomic E-state index is 13.9. The molecule has 0 aliphatic carbocycles. The third-order valence-electron chi connectivity index (χ3n) is 6.49. The molecule has 2 aliphatic rings. The van der Waals surface area contributed by atoms with Crippen molar-refractivity contribution in [3.8, 4) is 5.75 Å². The molecule has 0 bridgehead atoms. The van der Waals surface area contributed by atoms with E-state index < -0.39 is 11.8 Å². The number of fused-ring (bicyclic) bond motifs is 1. The van der Waals surface area contributed by atoms with E-state index in [1.165, 1.54) is 0 Å². The summed E-state index contributed by atoms with van der Waals surface area (Å²) in [4.78, 5) is 0. The number of hydrogen-bond acceptors (Lipinski definition) is 4. The lowest BCUT2D eigenvalue weighted by Gasteiger charge is -2.42. The van der Waals surface area contributed by atoms with E-state index in [9.17, 15) is 13.2 Å². The summed E-state index contributed by atoms with van der Waals surface area (Å²) in [6, 6.07) is 13.5. The highest BCUT2D eigenvalue weighted by Crippen LogP contribution is 2.52. The number of alkyl halides is 3. The van der Waals surface area contributed by atoms with Crippen LogP contribution < -0.4 is 10.2 Å². The van der Waals surface area contributed by atoms with Gasteiger partial charge in [-0.3, -0.25) is 5.43 Å². The Morgan fingerprint density at radius 1 is 1.20 bits per heavy atom. The lowest BCUT2D eigenvalue weighted by atomic mass is 9.78. The monoisotopic (exact) mass is 420 g/mol. The lowest BCUT2D eigenvalue weighted by molar-refractivity contribution is -0.272. The first-order chi connectivity index (χ1) is 14.3. The smallest absolute Gasteiger partial charge is 0.421 e. The molecule has 0 amide bonds. The fraction of sp³-hybridized carbons (Fsp3) is 0.478. The first-order valence-electron chi connectivity index (χ1n) is 10.2. The molecule has 30 heavy (non-hydrogen) atoms. The minimum atomic E-state index is -4.49. The Hall–Kier alpha value is -2.09. The number of benzene rings is 2. The molecule has 3 atom stereocenters. The van der Waals surface area contributed by atoms with Crippen LogP contribution in [0.5, 0.6) is 5.75 Å². The largest absolute Gasteiger partial charge is 0.496 e. The molecule has 1 saturated heterocycles. The number of nitrogens with one attached hydrogen (secondary N) is 1.